The van der Waals surface area contributed by atoms with Crippen molar-refractivity contribution in [3.63, 3.8) is 0 Å². The molecule has 0 aliphatic carbocycles. The van der Waals surface area contributed by atoms with Crippen LogP contribution in [-0.2, 0) is 5.75 Å². The third-order valence-corrected chi connectivity index (χ3v) is 6.14. The van der Waals surface area contributed by atoms with Gasteiger partial charge in [-0.25, -0.2) is 0 Å². The Morgan fingerprint density at radius 3 is 2.06 bits per heavy atom. The fourth-order valence-electron chi connectivity index (χ4n) is 3.03. The molecule has 170 valence electrons. The molecule has 0 radical (unpaired) electrons. The van der Waals surface area contributed by atoms with Crippen LogP contribution in [-0.4, -0.2) is 11.8 Å². The van der Waals surface area contributed by atoms with Crippen molar-refractivity contribution in [1.82, 2.24) is 10.9 Å². The zero-order valence-corrected chi connectivity index (χ0v) is 19.6. The van der Waals surface area contributed by atoms with E-state index in [-0.39, 0.29) is 0 Å². The van der Waals surface area contributed by atoms with Crippen molar-refractivity contribution in [2.75, 3.05) is 0 Å². The third kappa shape index (κ3) is 6.63. The van der Waals surface area contributed by atoms with Gasteiger partial charge in [-0.05, 0) is 72.3 Å². The highest BCUT2D eigenvalue weighted by Crippen LogP contribution is 2.24. The van der Waals surface area contributed by atoms with E-state index in [1.807, 2.05) is 66.7 Å². The number of hydrogen-bond donors (Lipinski definition) is 2. The zero-order valence-electron chi connectivity index (χ0n) is 18.0. The number of nitrogens with one attached hydrogen (secondary N) is 2. The first-order chi connectivity index (χ1) is 16.6. The largest absolute Gasteiger partial charge is 0.457 e. The molecule has 0 atom stereocenters. The summed E-state index contributed by atoms with van der Waals surface area (Å²) in [5.41, 5.74) is 6.79. The first-order valence-electron chi connectivity index (χ1n) is 10.5. The molecular weight excluding hydrogens is 468 g/mol. The summed E-state index contributed by atoms with van der Waals surface area (Å²) in [7, 11) is 0. The average molecular weight is 489 g/mol. The molecule has 2 N–H and O–H groups in total. The van der Waals surface area contributed by atoms with Gasteiger partial charge in [0.15, 0.2) is 0 Å². The Morgan fingerprint density at radius 2 is 1.35 bits per heavy atom. The molecule has 0 unspecified atom stereocenters. The van der Waals surface area contributed by atoms with E-state index in [0.717, 1.165) is 16.2 Å². The Kier molecular flexibility index (Phi) is 7.86. The van der Waals surface area contributed by atoms with Gasteiger partial charge in [-0.1, -0.05) is 48.0 Å². The van der Waals surface area contributed by atoms with E-state index in [4.69, 9.17) is 16.3 Å². The van der Waals surface area contributed by atoms with Crippen LogP contribution in [0, 0.1) is 0 Å². The van der Waals surface area contributed by atoms with Crippen LogP contribution >= 0.6 is 23.4 Å². The number of thioether (sulfide) groups is 1. The lowest BCUT2D eigenvalue weighted by Gasteiger charge is -2.10. The molecule has 0 spiro atoms. The molecule has 0 saturated carbocycles. The second kappa shape index (κ2) is 11.4. The molecule has 7 heteroatoms. The fourth-order valence-corrected chi connectivity index (χ4v) is 4.01. The lowest BCUT2D eigenvalue weighted by molar-refractivity contribution is 0.0846. The second-order valence-corrected chi connectivity index (χ2v) is 8.78. The lowest BCUT2D eigenvalue weighted by atomic mass is 10.1. The van der Waals surface area contributed by atoms with E-state index in [1.165, 1.54) is 0 Å². The number of ether oxygens (including phenoxy) is 1. The number of rotatable bonds is 7. The number of amides is 2. The molecule has 0 aliphatic rings. The van der Waals surface area contributed by atoms with Crippen LogP contribution < -0.4 is 15.6 Å². The molecule has 0 saturated heterocycles. The number of hydrazine groups is 1. The van der Waals surface area contributed by atoms with Gasteiger partial charge in [0.05, 0.1) is 0 Å². The highest BCUT2D eigenvalue weighted by molar-refractivity contribution is 7.98. The van der Waals surface area contributed by atoms with Gasteiger partial charge < -0.3 is 4.74 Å². The molecule has 4 aromatic carbocycles. The van der Waals surface area contributed by atoms with Gasteiger partial charge in [-0.2, -0.15) is 0 Å². The Morgan fingerprint density at radius 1 is 0.706 bits per heavy atom. The van der Waals surface area contributed by atoms with Gasteiger partial charge in [0, 0.05) is 26.8 Å². The highest BCUT2D eigenvalue weighted by atomic mass is 35.5. The first kappa shape index (κ1) is 23.4. The average Bonchev–Trinajstić information content (AvgIpc) is 2.88. The molecule has 0 fully saturated rings. The molecular formula is C27H21ClN2O3S. The maximum absolute atomic E-state index is 12.5. The van der Waals surface area contributed by atoms with Crippen molar-refractivity contribution in [2.45, 2.75) is 10.6 Å². The first-order valence-corrected chi connectivity index (χ1v) is 11.8. The lowest BCUT2D eigenvalue weighted by Crippen LogP contribution is -2.41. The maximum atomic E-state index is 12.5. The van der Waals surface area contributed by atoms with E-state index < -0.39 is 11.8 Å². The van der Waals surface area contributed by atoms with Crippen LogP contribution in [0.2, 0.25) is 5.02 Å². The van der Waals surface area contributed by atoms with E-state index in [9.17, 15) is 9.59 Å². The van der Waals surface area contributed by atoms with Gasteiger partial charge in [-0.15, -0.1) is 11.8 Å². The maximum Gasteiger partial charge on any atom is 0.269 e. The van der Waals surface area contributed by atoms with E-state index in [1.54, 1.807) is 48.2 Å². The van der Waals surface area contributed by atoms with Crippen molar-refractivity contribution in [2.24, 2.45) is 0 Å². The Balaban J connectivity index is 1.28. The summed E-state index contributed by atoms with van der Waals surface area (Å²) >= 11 is 7.60. The Labute approximate surface area is 207 Å². The van der Waals surface area contributed by atoms with Crippen LogP contribution in [0.5, 0.6) is 11.5 Å². The minimum atomic E-state index is -0.442. The summed E-state index contributed by atoms with van der Waals surface area (Å²) in [5.74, 6) is 1.12. The summed E-state index contributed by atoms with van der Waals surface area (Å²) in [6, 6.07) is 30.9. The number of para-hydroxylation sites is 1. The summed E-state index contributed by atoms with van der Waals surface area (Å²) in [6.07, 6.45) is 0. The van der Waals surface area contributed by atoms with Crippen LogP contribution in [0.3, 0.4) is 0 Å². The molecule has 5 nitrogen and oxygen atoms in total. The molecule has 34 heavy (non-hydrogen) atoms. The highest BCUT2D eigenvalue weighted by Gasteiger charge is 2.10. The minimum absolute atomic E-state index is 0.364. The summed E-state index contributed by atoms with van der Waals surface area (Å²) in [5, 5.41) is 0.708. The van der Waals surface area contributed by atoms with Gasteiger partial charge in [0.2, 0.25) is 0 Å². The van der Waals surface area contributed by atoms with Crippen LogP contribution in [0.15, 0.2) is 108 Å². The fraction of sp³-hybridized carbons (Fsp3) is 0.0370. The topological polar surface area (TPSA) is 67.4 Å². The molecule has 4 aromatic rings. The monoisotopic (exact) mass is 488 g/mol. The summed E-state index contributed by atoms with van der Waals surface area (Å²) in [4.78, 5) is 26.0. The number of benzene rings is 4. The number of carbonyl (C=O) groups is 2. The van der Waals surface area contributed by atoms with Gasteiger partial charge in [0.1, 0.15) is 11.5 Å². The van der Waals surface area contributed by atoms with Gasteiger partial charge in [0.25, 0.3) is 11.8 Å². The molecule has 0 aromatic heterocycles. The second-order valence-electron chi connectivity index (χ2n) is 7.29. The van der Waals surface area contributed by atoms with Gasteiger partial charge in [-0.3, -0.25) is 20.4 Å². The van der Waals surface area contributed by atoms with Crippen LogP contribution in [0.25, 0.3) is 0 Å². The Hall–Kier alpha value is -3.74. The van der Waals surface area contributed by atoms with Crippen LogP contribution in [0.1, 0.15) is 26.3 Å². The van der Waals surface area contributed by atoms with Crippen molar-refractivity contribution in [3.8, 4) is 11.5 Å². The third-order valence-electron chi connectivity index (χ3n) is 4.80. The zero-order chi connectivity index (χ0) is 23.8. The SMILES string of the molecule is O=C(NNC(=O)c1cccc(Oc2ccccc2)c1)c1ccc(CSc2ccc(Cl)cc2)cc1. The summed E-state index contributed by atoms with van der Waals surface area (Å²) in [6.45, 7) is 0. The predicted molar refractivity (Wildman–Crippen MR) is 135 cm³/mol. The van der Waals surface area contributed by atoms with Gasteiger partial charge >= 0.3 is 0 Å². The standard InChI is InChI=1S/C27H21ClN2O3S/c28-22-13-15-25(16-14-22)34-18-19-9-11-20(12-10-19)26(31)29-30-27(32)21-5-4-8-24(17-21)33-23-6-2-1-3-7-23/h1-17H,18H2,(H,29,31)(H,30,32). The normalized spacial score (nSPS) is 10.4. The van der Waals surface area contributed by atoms with Crippen molar-refractivity contribution < 1.29 is 14.3 Å². The number of hydrogen-bond acceptors (Lipinski definition) is 4. The smallest absolute Gasteiger partial charge is 0.269 e. The Bertz CT molecular complexity index is 1260. The quantitative estimate of drug-likeness (QED) is 0.230. The number of carbonyl (C=O) groups excluding carboxylic acids is 2. The van der Waals surface area contributed by atoms with Crippen LogP contribution in [0.4, 0.5) is 0 Å². The molecule has 0 heterocycles. The number of halogens is 1. The molecule has 4 rings (SSSR count). The van der Waals surface area contributed by atoms with E-state index in [0.29, 0.717) is 27.6 Å². The van der Waals surface area contributed by atoms with Crippen molar-refractivity contribution in [3.05, 3.63) is 125 Å². The molecule has 0 bridgehead atoms. The predicted octanol–water partition coefficient (Wildman–Crippen LogP) is 6.50. The van der Waals surface area contributed by atoms with E-state index in [2.05, 4.69) is 10.9 Å². The molecule has 0 aliphatic heterocycles. The van der Waals surface area contributed by atoms with E-state index >= 15 is 0 Å². The minimum Gasteiger partial charge on any atom is -0.457 e. The van der Waals surface area contributed by atoms with Crippen molar-refractivity contribution in [1.29, 1.82) is 0 Å². The van der Waals surface area contributed by atoms with Crippen molar-refractivity contribution >= 4 is 35.2 Å². The molecule has 2 amide bonds. The summed E-state index contributed by atoms with van der Waals surface area (Å²) < 4.78 is 5.75.